The molecule has 7 heteroatoms. The molecule has 0 unspecified atom stereocenters. The smallest absolute Gasteiger partial charge is 0.338 e. The summed E-state index contributed by atoms with van der Waals surface area (Å²) in [4.78, 5) is 23.2. The van der Waals surface area contributed by atoms with E-state index in [1.165, 1.54) is 0 Å². The van der Waals surface area contributed by atoms with E-state index >= 15 is 0 Å². The summed E-state index contributed by atoms with van der Waals surface area (Å²) >= 11 is 0. The van der Waals surface area contributed by atoms with Gasteiger partial charge in [-0.1, -0.05) is 18.2 Å². The molecule has 150 valence electrons. The number of esters is 1. The molecule has 0 aliphatic carbocycles. The van der Waals surface area contributed by atoms with Crippen molar-refractivity contribution in [1.82, 2.24) is 19.9 Å². The number of nitrogens with one attached hydrogen (secondary N) is 1. The Bertz CT molecular complexity index is 998. The van der Waals surface area contributed by atoms with Crippen LogP contribution in [0.5, 0.6) is 0 Å². The summed E-state index contributed by atoms with van der Waals surface area (Å²) in [5, 5.41) is 3.13. The second-order valence-electron chi connectivity index (χ2n) is 7.17. The molecule has 0 saturated carbocycles. The number of ether oxygens (including phenoxy) is 1. The van der Waals surface area contributed by atoms with Crippen LogP contribution < -0.4 is 5.43 Å². The molecule has 1 saturated heterocycles. The van der Waals surface area contributed by atoms with Crippen molar-refractivity contribution in [2.24, 2.45) is 0 Å². The van der Waals surface area contributed by atoms with Gasteiger partial charge in [-0.3, -0.25) is 5.43 Å². The van der Waals surface area contributed by atoms with Crippen molar-refractivity contribution in [3.63, 3.8) is 0 Å². The molecule has 0 atom stereocenters. The van der Waals surface area contributed by atoms with Crippen molar-refractivity contribution >= 4 is 22.8 Å². The van der Waals surface area contributed by atoms with Crippen LogP contribution in [-0.2, 0) is 4.74 Å². The largest absolute Gasteiger partial charge is 0.462 e. The van der Waals surface area contributed by atoms with Crippen LogP contribution >= 0.6 is 0 Å². The van der Waals surface area contributed by atoms with Crippen molar-refractivity contribution in [3.05, 3.63) is 54.2 Å². The third-order valence-corrected chi connectivity index (χ3v) is 5.07. The number of benzene rings is 2. The van der Waals surface area contributed by atoms with Crippen LogP contribution in [0, 0.1) is 0 Å². The number of hydrogen-bond donors (Lipinski definition) is 1. The number of aromatic nitrogens is 2. The average Bonchev–Trinajstić information content (AvgIpc) is 2.75. The lowest BCUT2D eigenvalue weighted by molar-refractivity contribution is 0.0526. The zero-order valence-corrected chi connectivity index (χ0v) is 16.8. The van der Waals surface area contributed by atoms with Crippen LogP contribution in [0.2, 0.25) is 0 Å². The molecule has 1 aliphatic rings. The van der Waals surface area contributed by atoms with E-state index in [0.717, 1.165) is 48.2 Å². The van der Waals surface area contributed by atoms with E-state index in [4.69, 9.17) is 4.74 Å². The molecule has 0 radical (unpaired) electrons. The molecule has 4 rings (SSSR count). The summed E-state index contributed by atoms with van der Waals surface area (Å²) in [6.45, 7) is 6.11. The van der Waals surface area contributed by atoms with Crippen LogP contribution in [0.4, 0.5) is 5.95 Å². The highest BCUT2D eigenvalue weighted by Gasteiger charge is 2.14. The Kier molecular flexibility index (Phi) is 5.69. The lowest BCUT2D eigenvalue weighted by Gasteiger charge is -2.32. The van der Waals surface area contributed by atoms with Crippen molar-refractivity contribution in [3.8, 4) is 11.1 Å². The number of carbonyl (C=O) groups is 1. The van der Waals surface area contributed by atoms with Crippen LogP contribution in [-0.4, -0.2) is 65.7 Å². The Labute approximate surface area is 170 Å². The second-order valence-corrected chi connectivity index (χ2v) is 7.17. The minimum absolute atomic E-state index is 0.300. The second kappa shape index (κ2) is 8.55. The molecule has 0 amide bonds. The number of piperazine rings is 1. The molecule has 2 heterocycles. The van der Waals surface area contributed by atoms with Gasteiger partial charge in [0.2, 0.25) is 5.95 Å². The van der Waals surface area contributed by atoms with Gasteiger partial charge in [-0.25, -0.2) is 19.8 Å². The maximum Gasteiger partial charge on any atom is 0.338 e. The lowest BCUT2D eigenvalue weighted by Crippen LogP contribution is -2.47. The van der Waals surface area contributed by atoms with Gasteiger partial charge >= 0.3 is 5.97 Å². The van der Waals surface area contributed by atoms with Crippen molar-refractivity contribution < 1.29 is 9.53 Å². The monoisotopic (exact) mass is 391 g/mol. The Balaban J connectivity index is 1.50. The molecule has 0 bridgehead atoms. The first-order chi connectivity index (χ1) is 14.1. The number of nitrogens with zero attached hydrogens (tertiary/aromatic N) is 4. The fourth-order valence-electron chi connectivity index (χ4n) is 3.34. The standard InChI is InChI=1S/C22H25N5O2/c1-3-29-21(28)17-6-4-16(5-7-17)18-8-9-20-19(14-18)15-23-22(24-20)25-27-12-10-26(2)11-13-27/h4-9,14-15H,3,10-13H2,1-2H3,(H,23,24,25). The molecule has 29 heavy (non-hydrogen) atoms. The quantitative estimate of drug-likeness (QED) is 0.670. The maximum atomic E-state index is 11.8. The van der Waals surface area contributed by atoms with Crippen LogP contribution in [0.1, 0.15) is 17.3 Å². The average molecular weight is 391 g/mol. The van der Waals surface area contributed by atoms with E-state index in [-0.39, 0.29) is 5.97 Å². The Morgan fingerprint density at radius 2 is 1.79 bits per heavy atom. The van der Waals surface area contributed by atoms with Gasteiger partial charge in [0.1, 0.15) is 0 Å². The summed E-state index contributed by atoms with van der Waals surface area (Å²) in [6, 6.07) is 13.5. The Morgan fingerprint density at radius 1 is 1.07 bits per heavy atom. The first-order valence-electron chi connectivity index (χ1n) is 9.87. The third-order valence-electron chi connectivity index (χ3n) is 5.07. The van der Waals surface area contributed by atoms with Crippen LogP contribution in [0.15, 0.2) is 48.7 Å². The van der Waals surface area contributed by atoms with Gasteiger partial charge in [0.15, 0.2) is 0 Å². The summed E-state index contributed by atoms with van der Waals surface area (Å²) in [5.41, 5.74) is 6.83. The predicted molar refractivity (Wildman–Crippen MR) is 114 cm³/mol. The van der Waals surface area contributed by atoms with Crippen LogP contribution in [0.25, 0.3) is 22.0 Å². The number of carbonyl (C=O) groups excluding carboxylic acids is 1. The van der Waals surface area contributed by atoms with Gasteiger partial charge in [0, 0.05) is 37.8 Å². The highest BCUT2D eigenvalue weighted by molar-refractivity contribution is 5.90. The van der Waals surface area contributed by atoms with Gasteiger partial charge in [0.25, 0.3) is 0 Å². The topological polar surface area (TPSA) is 70.6 Å². The van der Waals surface area contributed by atoms with Gasteiger partial charge < -0.3 is 9.64 Å². The molecule has 1 fully saturated rings. The molecule has 2 aromatic carbocycles. The number of rotatable bonds is 5. The molecule has 7 nitrogen and oxygen atoms in total. The molecule has 1 aromatic heterocycles. The normalized spacial score (nSPS) is 15.4. The van der Waals surface area contributed by atoms with Crippen molar-refractivity contribution in [1.29, 1.82) is 0 Å². The summed E-state index contributed by atoms with van der Waals surface area (Å²) in [6.07, 6.45) is 1.84. The number of fused-ring (bicyclic) bond motifs is 1. The first kappa shape index (κ1) is 19.3. The highest BCUT2D eigenvalue weighted by atomic mass is 16.5. The predicted octanol–water partition coefficient (Wildman–Crippen LogP) is 3.05. The first-order valence-corrected chi connectivity index (χ1v) is 9.87. The van der Waals surface area contributed by atoms with Gasteiger partial charge in [-0.2, -0.15) is 0 Å². The molecular weight excluding hydrogens is 366 g/mol. The van der Waals surface area contributed by atoms with Gasteiger partial charge in [0.05, 0.1) is 17.7 Å². The van der Waals surface area contributed by atoms with E-state index in [1.807, 2.05) is 30.5 Å². The summed E-state index contributed by atoms with van der Waals surface area (Å²) < 4.78 is 5.03. The van der Waals surface area contributed by atoms with Gasteiger partial charge in [-0.15, -0.1) is 0 Å². The molecule has 1 aliphatic heterocycles. The third kappa shape index (κ3) is 4.52. The number of hydrazine groups is 1. The highest BCUT2D eigenvalue weighted by Crippen LogP contribution is 2.24. The van der Waals surface area contributed by atoms with Gasteiger partial charge in [-0.05, 0) is 49.4 Å². The fraction of sp³-hybridized carbons (Fsp3) is 0.318. The number of anilines is 1. The SMILES string of the molecule is CCOC(=O)c1ccc(-c2ccc3nc(NN4CCN(C)CC4)ncc3c2)cc1. The Hall–Kier alpha value is -3.03. The molecule has 0 spiro atoms. The summed E-state index contributed by atoms with van der Waals surface area (Å²) in [7, 11) is 2.13. The van der Waals surface area contributed by atoms with Crippen molar-refractivity contribution in [2.45, 2.75) is 6.92 Å². The minimum atomic E-state index is -0.300. The number of hydrogen-bond acceptors (Lipinski definition) is 7. The van der Waals surface area contributed by atoms with E-state index < -0.39 is 0 Å². The zero-order chi connectivity index (χ0) is 20.2. The Morgan fingerprint density at radius 3 is 2.52 bits per heavy atom. The maximum absolute atomic E-state index is 11.8. The van der Waals surface area contributed by atoms with E-state index in [9.17, 15) is 4.79 Å². The van der Waals surface area contributed by atoms with E-state index in [2.05, 4.69) is 38.4 Å². The lowest BCUT2D eigenvalue weighted by atomic mass is 10.0. The zero-order valence-electron chi connectivity index (χ0n) is 16.8. The van der Waals surface area contributed by atoms with Crippen molar-refractivity contribution in [2.75, 3.05) is 45.3 Å². The molecular formula is C22H25N5O2. The fourth-order valence-corrected chi connectivity index (χ4v) is 3.34. The summed E-state index contributed by atoms with van der Waals surface area (Å²) in [5.74, 6) is 0.319. The minimum Gasteiger partial charge on any atom is -0.462 e. The molecule has 1 N–H and O–H groups in total. The van der Waals surface area contributed by atoms with E-state index in [1.54, 1.807) is 19.1 Å². The number of likely N-dealkylation sites (N-methyl/N-ethyl adjacent to an activating group) is 1. The molecule has 3 aromatic rings. The van der Waals surface area contributed by atoms with Crippen LogP contribution in [0.3, 0.4) is 0 Å². The van der Waals surface area contributed by atoms with E-state index in [0.29, 0.717) is 18.1 Å².